The van der Waals surface area contributed by atoms with E-state index < -0.39 is 0 Å². The number of anilines is 1. The number of aromatic nitrogens is 1. The van der Waals surface area contributed by atoms with Crippen LogP contribution in [0.2, 0.25) is 4.34 Å². The molecule has 0 unspecified atom stereocenters. The van der Waals surface area contributed by atoms with Gasteiger partial charge in [0.15, 0.2) is 0 Å². The predicted octanol–water partition coefficient (Wildman–Crippen LogP) is 3.59. The molecule has 2 heterocycles. The maximum Gasteiger partial charge on any atom is 0.269 e. The maximum absolute atomic E-state index is 12.0. The van der Waals surface area contributed by atoms with Crippen molar-refractivity contribution in [1.29, 1.82) is 0 Å². The highest BCUT2D eigenvalue weighted by Crippen LogP contribution is 2.21. The van der Waals surface area contributed by atoms with Gasteiger partial charge in [0.2, 0.25) is 0 Å². The number of carbonyl (C=O) groups is 1. The van der Waals surface area contributed by atoms with E-state index in [1.165, 1.54) is 11.3 Å². The van der Waals surface area contributed by atoms with Gasteiger partial charge in [0.05, 0.1) is 4.34 Å². The Balaban J connectivity index is 1.85. The molecule has 4 nitrogen and oxygen atoms in total. The van der Waals surface area contributed by atoms with E-state index in [-0.39, 0.29) is 5.91 Å². The molecule has 21 heavy (non-hydrogen) atoms. The lowest BCUT2D eigenvalue weighted by molar-refractivity contribution is 0.0949. The lowest BCUT2D eigenvalue weighted by atomic mass is 10.3. The second kappa shape index (κ2) is 8.00. The summed E-state index contributed by atoms with van der Waals surface area (Å²) in [6.07, 6.45) is 3.45. The quantitative estimate of drug-likeness (QED) is 0.818. The number of thiophene rings is 1. The van der Waals surface area contributed by atoms with Gasteiger partial charge in [-0.1, -0.05) is 18.5 Å². The SMILES string of the molecule is CCCNc1ccnc(C(=O)NCCc2ccc(Cl)s2)c1. The van der Waals surface area contributed by atoms with Crippen LogP contribution in [0.5, 0.6) is 0 Å². The van der Waals surface area contributed by atoms with E-state index in [0.717, 1.165) is 34.3 Å². The van der Waals surface area contributed by atoms with Crippen LogP contribution in [-0.4, -0.2) is 24.0 Å². The zero-order valence-electron chi connectivity index (χ0n) is 11.9. The molecule has 112 valence electrons. The molecular weight excluding hydrogens is 306 g/mol. The first-order valence-electron chi connectivity index (χ1n) is 6.91. The Bertz CT molecular complexity index is 600. The number of carbonyl (C=O) groups excluding carboxylic acids is 1. The van der Waals surface area contributed by atoms with Gasteiger partial charge in [-0.05, 0) is 37.1 Å². The molecule has 0 saturated carbocycles. The fourth-order valence-electron chi connectivity index (χ4n) is 1.81. The van der Waals surface area contributed by atoms with E-state index in [1.54, 1.807) is 12.3 Å². The highest BCUT2D eigenvalue weighted by atomic mass is 35.5. The van der Waals surface area contributed by atoms with Crippen LogP contribution in [0.1, 0.15) is 28.7 Å². The molecule has 2 aromatic rings. The van der Waals surface area contributed by atoms with Crippen molar-refractivity contribution in [2.24, 2.45) is 0 Å². The van der Waals surface area contributed by atoms with Gasteiger partial charge in [0.1, 0.15) is 5.69 Å². The minimum atomic E-state index is -0.155. The predicted molar refractivity (Wildman–Crippen MR) is 88.4 cm³/mol. The second-order valence-corrected chi connectivity index (χ2v) is 6.37. The second-order valence-electron chi connectivity index (χ2n) is 4.57. The van der Waals surface area contributed by atoms with E-state index in [4.69, 9.17) is 11.6 Å². The van der Waals surface area contributed by atoms with Crippen LogP contribution in [0.15, 0.2) is 30.5 Å². The van der Waals surface area contributed by atoms with Gasteiger partial charge in [0.25, 0.3) is 5.91 Å². The Morgan fingerprint density at radius 2 is 2.19 bits per heavy atom. The number of nitrogens with zero attached hydrogens (tertiary/aromatic N) is 1. The Morgan fingerprint density at radius 3 is 2.90 bits per heavy atom. The van der Waals surface area contributed by atoms with Crippen LogP contribution in [0.25, 0.3) is 0 Å². The van der Waals surface area contributed by atoms with E-state index in [1.807, 2.05) is 18.2 Å². The largest absolute Gasteiger partial charge is 0.385 e. The van der Waals surface area contributed by atoms with Crippen molar-refractivity contribution in [2.75, 3.05) is 18.4 Å². The normalized spacial score (nSPS) is 10.4. The average Bonchev–Trinajstić information content (AvgIpc) is 2.91. The molecule has 0 aliphatic rings. The number of nitrogens with one attached hydrogen (secondary N) is 2. The molecule has 0 spiro atoms. The van der Waals surface area contributed by atoms with Crippen molar-refractivity contribution in [2.45, 2.75) is 19.8 Å². The van der Waals surface area contributed by atoms with Crippen LogP contribution < -0.4 is 10.6 Å². The van der Waals surface area contributed by atoms with Gasteiger partial charge >= 0.3 is 0 Å². The molecule has 0 bridgehead atoms. The minimum absolute atomic E-state index is 0.155. The molecule has 0 aliphatic carbocycles. The number of pyridine rings is 1. The summed E-state index contributed by atoms with van der Waals surface area (Å²) in [4.78, 5) is 17.3. The van der Waals surface area contributed by atoms with Crippen LogP contribution in [0, 0.1) is 0 Å². The van der Waals surface area contributed by atoms with Crippen molar-refractivity contribution in [3.8, 4) is 0 Å². The average molecular weight is 324 g/mol. The van der Waals surface area contributed by atoms with E-state index in [0.29, 0.717) is 12.2 Å². The third-order valence-corrected chi connectivity index (χ3v) is 4.15. The van der Waals surface area contributed by atoms with Crippen molar-refractivity contribution in [1.82, 2.24) is 10.3 Å². The number of hydrogen-bond acceptors (Lipinski definition) is 4. The molecule has 2 rings (SSSR count). The summed E-state index contributed by atoms with van der Waals surface area (Å²) < 4.78 is 0.771. The molecule has 6 heteroatoms. The molecule has 1 amide bonds. The van der Waals surface area contributed by atoms with Gasteiger partial charge in [-0.2, -0.15) is 0 Å². The summed E-state index contributed by atoms with van der Waals surface area (Å²) in [7, 11) is 0. The fraction of sp³-hybridized carbons (Fsp3) is 0.333. The molecule has 0 atom stereocenters. The van der Waals surface area contributed by atoms with Crippen LogP contribution in [0.4, 0.5) is 5.69 Å². The number of rotatable bonds is 7. The van der Waals surface area contributed by atoms with Crippen molar-refractivity contribution in [3.05, 3.63) is 45.4 Å². The highest BCUT2D eigenvalue weighted by Gasteiger charge is 2.07. The number of halogens is 1. The number of amides is 1. The summed E-state index contributed by atoms with van der Waals surface area (Å²) >= 11 is 7.41. The van der Waals surface area contributed by atoms with Crippen molar-refractivity contribution >= 4 is 34.5 Å². The zero-order valence-corrected chi connectivity index (χ0v) is 13.4. The van der Waals surface area contributed by atoms with Crippen molar-refractivity contribution < 1.29 is 4.79 Å². The van der Waals surface area contributed by atoms with Crippen LogP contribution in [-0.2, 0) is 6.42 Å². The lowest BCUT2D eigenvalue weighted by Gasteiger charge is -2.07. The maximum atomic E-state index is 12.0. The molecule has 0 aliphatic heterocycles. The van der Waals surface area contributed by atoms with Gasteiger partial charge in [0, 0.05) is 29.9 Å². The summed E-state index contributed by atoms with van der Waals surface area (Å²) in [5.74, 6) is -0.155. The molecule has 2 aromatic heterocycles. The summed E-state index contributed by atoms with van der Waals surface area (Å²) in [5.41, 5.74) is 1.35. The lowest BCUT2D eigenvalue weighted by Crippen LogP contribution is -2.26. The smallest absolute Gasteiger partial charge is 0.269 e. The van der Waals surface area contributed by atoms with Crippen LogP contribution in [0.3, 0.4) is 0 Å². The summed E-state index contributed by atoms with van der Waals surface area (Å²) in [6.45, 7) is 3.55. The Labute approximate surface area is 133 Å². The van der Waals surface area contributed by atoms with Gasteiger partial charge in [-0.15, -0.1) is 11.3 Å². The monoisotopic (exact) mass is 323 g/mol. The molecule has 2 N–H and O–H groups in total. The van der Waals surface area contributed by atoms with E-state index in [9.17, 15) is 4.79 Å². The van der Waals surface area contributed by atoms with E-state index >= 15 is 0 Å². The summed E-state index contributed by atoms with van der Waals surface area (Å²) in [5, 5.41) is 6.12. The topological polar surface area (TPSA) is 54.0 Å². The Kier molecular flexibility index (Phi) is 6.02. The fourth-order valence-corrected chi connectivity index (χ4v) is 2.90. The first-order chi connectivity index (χ1) is 10.2. The van der Waals surface area contributed by atoms with Gasteiger partial charge in [-0.3, -0.25) is 9.78 Å². The van der Waals surface area contributed by atoms with E-state index in [2.05, 4.69) is 22.5 Å². The number of hydrogen-bond donors (Lipinski definition) is 2. The standard InChI is InChI=1S/C15H18ClN3OS/c1-2-7-17-11-5-8-18-13(10-11)15(20)19-9-6-12-3-4-14(16)21-12/h3-5,8,10H,2,6-7,9H2,1H3,(H,17,18)(H,19,20). The molecule has 0 aromatic carbocycles. The Morgan fingerprint density at radius 1 is 1.33 bits per heavy atom. The summed E-state index contributed by atoms with van der Waals surface area (Å²) in [6, 6.07) is 7.48. The molecule has 0 fully saturated rings. The first-order valence-corrected chi connectivity index (χ1v) is 8.11. The first kappa shape index (κ1) is 15.8. The van der Waals surface area contributed by atoms with Gasteiger partial charge < -0.3 is 10.6 Å². The molecule has 0 radical (unpaired) electrons. The van der Waals surface area contributed by atoms with Crippen LogP contribution >= 0.6 is 22.9 Å². The molecular formula is C15H18ClN3OS. The Hall–Kier alpha value is -1.59. The third kappa shape index (κ3) is 5.02. The van der Waals surface area contributed by atoms with Crippen molar-refractivity contribution in [3.63, 3.8) is 0 Å². The zero-order chi connectivity index (χ0) is 15.1. The third-order valence-electron chi connectivity index (χ3n) is 2.86. The minimum Gasteiger partial charge on any atom is -0.385 e. The van der Waals surface area contributed by atoms with Gasteiger partial charge in [-0.25, -0.2) is 0 Å². The highest BCUT2D eigenvalue weighted by molar-refractivity contribution is 7.16. The molecule has 0 saturated heterocycles.